The van der Waals surface area contributed by atoms with Crippen molar-refractivity contribution in [3.8, 4) is 0 Å². The third kappa shape index (κ3) is 1.50. The Morgan fingerprint density at radius 3 is 2.58 bits per heavy atom. The lowest BCUT2D eigenvalue weighted by molar-refractivity contribution is 0.678. The van der Waals surface area contributed by atoms with Crippen molar-refractivity contribution < 1.29 is 0 Å². The quantitative estimate of drug-likeness (QED) is 0.667. The molecule has 0 aliphatic carbocycles. The summed E-state index contributed by atoms with van der Waals surface area (Å²) in [5.41, 5.74) is 0.520. The molecule has 0 bridgehead atoms. The summed E-state index contributed by atoms with van der Waals surface area (Å²) in [5.74, 6) is 0.138. The monoisotopic (exact) mass is 186 g/mol. The number of aryl methyl sites for hydroxylation is 1. The Morgan fingerprint density at radius 1 is 1.58 bits per heavy atom. The summed E-state index contributed by atoms with van der Waals surface area (Å²) in [4.78, 5) is 11.4. The van der Waals surface area contributed by atoms with Crippen molar-refractivity contribution >= 4 is 11.6 Å². The van der Waals surface area contributed by atoms with Crippen LogP contribution in [0.3, 0.4) is 0 Å². The van der Waals surface area contributed by atoms with E-state index < -0.39 is 0 Å². The summed E-state index contributed by atoms with van der Waals surface area (Å²) < 4.78 is 1.29. The third-order valence-electron chi connectivity index (χ3n) is 1.70. The average molecular weight is 187 g/mol. The van der Waals surface area contributed by atoms with Crippen molar-refractivity contribution in [2.75, 3.05) is 0 Å². The second-order valence-electron chi connectivity index (χ2n) is 2.99. The van der Waals surface area contributed by atoms with Crippen molar-refractivity contribution in [1.82, 2.24) is 9.78 Å². The minimum Gasteiger partial charge on any atom is -0.267 e. The Hall–Kier alpha value is -0.830. The number of aromatic nitrogens is 2. The molecule has 0 atom stereocenters. The van der Waals surface area contributed by atoms with Crippen LogP contribution in [0.4, 0.5) is 0 Å². The van der Waals surface area contributed by atoms with E-state index in [4.69, 9.17) is 11.6 Å². The molecule has 0 saturated heterocycles. The van der Waals surface area contributed by atoms with Gasteiger partial charge in [0.05, 0.1) is 11.2 Å². The number of hydrogen-bond donors (Lipinski definition) is 0. The second-order valence-corrected chi connectivity index (χ2v) is 3.40. The molecule has 66 valence electrons. The normalized spacial score (nSPS) is 10.8. The molecule has 1 aromatic heterocycles. The lowest BCUT2D eigenvalue weighted by Crippen LogP contribution is -2.24. The Balaban J connectivity index is 3.44. The smallest absolute Gasteiger partial charge is 0.267 e. The molecule has 0 radical (unpaired) electrons. The summed E-state index contributed by atoms with van der Waals surface area (Å²) in [6.07, 6.45) is 1.50. The topological polar surface area (TPSA) is 34.9 Å². The number of nitrogens with zero attached hydrogens (tertiary/aromatic N) is 2. The van der Waals surface area contributed by atoms with Gasteiger partial charge in [0.1, 0.15) is 0 Å². The van der Waals surface area contributed by atoms with Crippen LogP contribution in [0, 0.1) is 0 Å². The highest BCUT2D eigenvalue weighted by Gasteiger charge is 2.10. The summed E-state index contributed by atoms with van der Waals surface area (Å²) >= 11 is 5.82. The first kappa shape index (κ1) is 9.26. The van der Waals surface area contributed by atoms with Crippen LogP contribution in [0.25, 0.3) is 0 Å². The van der Waals surface area contributed by atoms with E-state index >= 15 is 0 Å². The van der Waals surface area contributed by atoms with Crippen LogP contribution in [0.2, 0.25) is 5.02 Å². The SMILES string of the molecule is CC(C)c1c(Cl)cnn(C)c1=O. The van der Waals surface area contributed by atoms with E-state index in [-0.39, 0.29) is 11.5 Å². The summed E-state index contributed by atoms with van der Waals surface area (Å²) in [6, 6.07) is 0. The molecule has 1 aromatic rings. The lowest BCUT2D eigenvalue weighted by atomic mass is 10.1. The Bertz CT molecular complexity index is 343. The van der Waals surface area contributed by atoms with E-state index in [1.165, 1.54) is 10.9 Å². The van der Waals surface area contributed by atoms with Crippen LogP contribution in [0.15, 0.2) is 11.0 Å². The van der Waals surface area contributed by atoms with Crippen molar-refractivity contribution in [1.29, 1.82) is 0 Å². The van der Waals surface area contributed by atoms with Crippen molar-refractivity contribution in [2.24, 2.45) is 7.05 Å². The van der Waals surface area contributed by atoms with Gasteiger partial charge in [0, 0.05) is 12.6 Å². The number of rotatable bonds is 1. The van der Waals surface area contributed by atoms with E-state index in [1.54, 1.807) is 7.05 Å². The fourth-order valence-electron chi connectivity index (χ4n) is 1.06. The predicted molar refractivity (Wildman–Crippen MR) is 48.6 cm³/mol. The molecule has 0 spiro atoms. The first-order valence-corrected chi connectivity index (χ1v) is 4.13. The van der Waals surface area contributed by atoms with Gasteiger partial charge in [-0.25, -0.2) is 4.68 Å². The molecule has 0 saturated carbocycles. The van der Waals surface area contributed by atoms with Crippen LogP contribution in [0.1, 0.15) is 25.3 Å². The highest BCUT2D eigenvalue weighted by atomic mass is 35.5. The predicted octanol–water partition coefficient (Wildman–Crippen LogP) is 1.56. The molecular formula is C8H11ClN2O. The van der Waals surface area contributed by atoms with Gasteiger partial charge in [0.2, 0.25) is 0 Å². The number of halogens is 1. The molecule has 0 aromatic carbocycles. The summed E-state index contributed by atoms with van der Waals surface area (Å²) in [5, 5.41) is 4.25. The summed E-state index contributed by atoms with van der Waals surface area (Å²) in [7, 11) is 1.62. The highest BCUT2D eigenvalue weighted by Crippen LogP contribution is 2.18. The minimum absolute atomic E-state index is 0.113. The van der Waals surface area contributed by atoms with Crippen molar-refractivity contribution in [2.45, 2.75) is 19.8 Å². The molecule has 3 nitrogen and oxygen atoms in total. The Morgan fingerprint density at radius 2 is 2.17 bits per heavy atom. The zero-order valence-electron chi connectivity index (χ0n) is 7.34. The van der Waals surface area contributed by atoms with Crippen LogP contribution < -0.4 is 5.56 Å². The molecule has 4 heteroatoms. The fourth-order valence-corrected chi connectivity index (χ4v) is 1.40. The van der Waals surface area contributed by atoms with Gasteiger partial charge in [0.15, 0.2) is 0 Å². The molecule has 0 aliphatic heterocycles. The van der Waals surface area contributed by atoms with E-state index in [2.05, 4.69) is 5.10 Å². The molecule has 12 heavy (non-hydrogen) atoms. The zero-order chi connectivity index (χ0) is 9.30. The third-order valence-corrected chi connectivity index (χ3v) is 2.00. The summed E-state index contributed by atoms with van der Waals surface area (Å²) in [6.45, 7) is 3.87. The van der Waals surface area contributed by atoms with Gasteiger partial charge in [-0.3, -0.25) is 4.79 Å². The largest absolute Gasteiger partial charge is 0.271 e. The van der Waals surface area contributed by atoms with Crippen LogP contribution in [0.5, 0.6) is 0 Å². The lowest BCUT2D eigenvalue weighted by Gasteiger charge is -2.07. The van der Waals surface area contributed by atoms with Gasteiger partial charge in [-0.1, -0.05) is 25.4 Å². The molecule has 1 heterocycles. The molecule has 0 aliphatic rings. The van der Waals surface area contributed by atoms with Crippen LogP contribution >= 0.6 is 11.6 Å². The van der Waals surface area contributed by atoms with Gasteiger partial charge < -0.3 is 0 Å². The van der Waals surface area contributed by atoms with Gasteiger partial charge in [-0.15, -0.1) is 0 Å². The first-order chi connectivity index (χ1) is 5.54. The fraction of sp³-hybridized carbons (Fsp3) is 0.500. The van der Waals surface area contributed by atoms with E-state index in [1.807, 2.05) is 13.8 Å². The maximum Gasteiger partial charge on any atom is 0.271 e. The second kappa shape index (κ2) is 3.27. The van der Waals surface area contributed by atoms with Crippen molar-refractivity contribution in [3.63, 3.8) is 0 Å². The average Bonchev–Trinajstić information content (AvgIpc) is 1.97. The van der Waals surface area contributed by atoms with Crippen molar-refractivity contribution in [3.05, 3.63) is 27.1 Å². The molecule has 0 amide bonds. The van der Waals surface area contributed by atoms with Gasteiger partial charge in [-0.2, -0.15) is 5.10 Å². The molecule has 0 unspecified atom stereocenters. The maximum absolute atomic E-state index is 11.4. The minimum atomic E-state index is -0.113. The van der Waals surface area contributed by atoms with E-state index in [9.17, 15) is 4.79 Å². The molecular weight excluding hydrogens is 176 g/mol. The first-order valence-electron chi connectivity index (χ1n) is 3.75. The van der Waals surface area contributed by atoms with Gasteiger partial charge in [-0.05, 0) is 5.92 Å². The van der Waals surface area contributed by atoms with E-state index in [0.717, 1.165) is 0 Å². The molecule has 1 rings (SSSR count). The zero-order valence-corrected chi connectivity index (χ0v) is 8.09. The van der Waals surface area contributed by atoms with Crippen LogP contribution in [-0.2, 0) is 7.05 Å². The Kier molecular flexibility index (Phi) is 2.52. The number of hydrogen-bond acceptors (Lipinski definition) is 2. The molecule has 0 fully saturated rings. The maximum atomic E-state index is 11.4. The highest BCUT2D eigenvalue weighted by molar-refractivity contribution is 6.31. The molecule has 0 N–H and O–H groups in total. The van der Waals surface area contributed by atoms with Crippen LogP contribution in [-0.4, -0.2) is 9.78 Å². The van der Waals surface area contributed by atoms with E-state index in [0.29, 0.717) is 10.6 Å². The standard InChI is InChI=1S/C8H11ClN2O/c1-5(2)7-6(9)4-10-11(3)8(7)12/h4-5H,1-3H3. The Labute approximate surface area is 76.0 Å². The van der Waals surface area contributed by atoms with Gasteiger partial charge in [0.25, 0.3) is 5.56 Å². The van der Waals surface area contributed by atoms with Gasteiger partial charge >= 0.3 is 0 Å².